The number of anilines is 1. The number of benzene rings is 1. The number of hydrogen-bond donors (Lipinski definition) is 1. The van der Waals surface area contributed by atoms with Crippen molar-refractivity contribution < 1.29 is 18.3 Å². The number of aryl methyl sites for hydroxylation is 1. The summed E-state index contributed by atoms with van der Waals surface area (Å²) in [5.74, 6) is -0.849. The first kappa shape index (κ1) is 13.3. The predicted octanol–water partition coefficient (Wildman–Crippen LogP) is 2.04. The zero-order valence-corrected chi connectivity index (χ0v) is 11.0. The number of carbonyl (C=O) groups is 1. The van der Waals surface area contributed by atoms with Crippen molar-refractivity contribution in [3.63, 3.8) is 0 Å². The maximum Gasteiger partial charge on any atom is 0.339 e. The number of nitrogens with zero attached hydrogens (tertiary/aromatic N) is 2. The number of hydrogen-bond acceptors (Lipinski definition) is 7. The average molecular weight is 283 g/mol. The lowest BCUT2D eigenvalue weighted by atomic mass is 10.2. The second-order valence-electron chi connectivity index (χ2n) is 3.55. The number of esters is 1. The lowest BCUT2D eigenvalue weighted by molar-refractivity contribution is 0.0601. The van der Waals surface area contributed by atoms with Crippen molar-refractivity contribution in [2.24, 2.45) is 0 Å². The van der Waals surface area contributed by atoms with Gasteiger partial charge in [-0.3, -0.25) is 0 Å². The number of ether oxygens (including phenoxy) is 1. The van der Waals surface area contributed by atoms with Gasteiger partial charge in [0.15, 0.2) is 0 Å². The van der Waals surface area contributed by atoms with Crippen LogP contribution in [0.3, 0.4) is 0 Å². The standard InChI is InChI=1S/C11H10FN3O3S/c1-5-14-15-11(18-5)19-9-3-6(10(16)17-2)8(13)4-7(9)12/h3-4H,13H2,1-2H3. The smallest absolute Gasteiger partial charge is 0.339 e. The molecule has 0 bridgehead atoms. The molecule has 2 rings (SSSR count). The Hall–Kier alpha value is -2.09. The van der Waals surface area contributed by atoms with Crippen LogP contribution in [0.2, 0.25) is 0 Å². The second kappa shape index (κ2) is 5.27. The summed E-state index contributed by atoms with van der Waals surface area (Å²) in [6.07, 6.45) is 0. The van der Waals surface area contributed by atoms with Crippen LogP contribution in [0.25, 0.3) is 0 Å². The molecule has 100 valence electrons. The van der Waals surface area contributed by atoms with Gasteiger partial charge >= 0.3 is 5.97 Å². The molecule has 2 aromatic rings. The molecule has 0 atom stereocenters. The Labute approximate surface area is 112 Å². The molecule has 0 saturated carbocycles. The zero-order valence-electron chi connectivity index (χ0n) is 10.1. The topological polar surface area (TPSA) is 91.2 Å². The van der Waals surface area contributed by atoms with E-state index in [1.807, 2.05) is 0 Å². The molecule has 0 fully saturated rings. The highest BCUT2D eigenvalue weighted by Gasteiger charge is 2.17. The summed E-state index contributed by atoms with van der Waals surface area (Å²) < 4.78 is 23.4. The Morgan fingerprint density at radius 2 is 2.21 bits per heavy atom. The van der Waals surface area contributed by atoms with E-state index in [9.17, 15) is 9.18 Å². The first-order valence-corrected chi connectivity index (χ1v) is 5.98. The molecule has 0 radical (unpaired) electrons. The summed E-state index contributed by atoms with van der Waals surface area (Å²) in [5, 5.41) is 7.54. The van der Waals surface area contributed by atoms with Crippen LogP contribution in [0.1, 0.15) is 16.2 Å². The summed E-state index contributed by atoms with van der Waals surface area (Å²) in [7, 11) is 1.22. The molecular formula is C11H10FN3O3S. The molecule has 0 aliphatic heterocycles. The van der Waals surface area contributed by atoms with E-state index in [0.717, 1.165) is 17.8 Å². The molecule has 8 heteroatoms. The maximum atomic E-state index is 13.7. The SMILES string of the molecule is COC(=O)c1cc(Sc2nnc(C)o2)c(F)cc1N. The molecule has 6 nitrogen and oxygen atoms in total. The van der Waals surface area contributed by atoms with E-state index in [1.54, 1.807) is 6.92 Å². The number of nitrogens with two attached hydrogens (primary N) is 1. The Balaban J connectivity index is 2.37. The van der Waals surface area contributed by atoms with Gasteiger partial charge in [0, 0.05) is 12.6 Å². The van der Waals surface area contributed by atoms with Gasteiger partial charge in [0.1, 0.15) is 5.82 Å². The zero-order chi connectivity index (χ0) is 14.0. The van der Waals surface area contributed by atoms with Gasteiger partial charge in [0.2, 0.25) is 5.89 Å². The molecule has 0 aliphatic rings. The van der Waals surface area contributed by atoms with Gasteiger partial charge in [-0.1, -0.05) is 0 Å². The van der Waals surface area contributed by atoms with Crippen molar-refractivity contribution >= 4 is 23.4 Å². The predicted molar refractivity (Wildman–Crippen MR) is 65.3 cm³/mol. The van der Waals surface area contributed by atoms with Gasteiger partial charge in [-0.2, -0.15) is 0 Å². The van der Waals surface area contributed by atoms with Crippen molar-refractivity contribution in [2.75, 3.05) is 12.8 Å². The quantitative estimate of drug-likeness (QED) is 0.680. The minimum absolute atomic E-state index is 0.00964. The third kappa shape index (κ3) is 2.84. The largest absolute Gasteiger partial charge is 0.465 e. The van der Waals surface area contributed by atoms with Crippen LogP contribution in [-0.2, 0) is 4.74 Å². The molecule has 1 heterocycles. The molecule has 0 spiro atoms. The molecule has 1 aromatic carbocycles. The van der Waals surface area contributed by atoms with E-state index >= 15 is 0 Å². The highest BCUT2D eigenvalue weighted by Crippen LogP contribution is 2.31. The van der Waals surface area contributed by atoms with Crippen LogP contribution in [0.5, 0.6) is 0 Å². The molecule has 0 amide bonds. The van der Waals surface area contributed by atoms with E-state index in [1.165, 1.54) is 13.2 Å². The number of nitrogen functional groups attached to an aromatic ring is 1. The number of rotatable bonds is 3. The van der Waals surface area contributed by atoms with Crippen LogP contribution >= 0.6 is 11.8 Å². The van der Waals surface area contributed by atoms with Crippen molar-refractivity contribution in [3.8, 4) is 0 Å². The summed E-state index contributed by atoms with van der Waals surface area (Å²) in [5.41, 5.74) is 5.66. The third-order valence-electron chi connectivity index (χ3n) is 2.21. The summed E-state index contributed by atoms with van der Waals surface area (Å²) in [4.78, 5) is 11.6. The van der Waals surface area contributed by atoms with Crippen LogP contribution < -0.4 is 5.73 Å². The lowest BCUT2D eigenvalue weighted by Crippen LogP contribution is -2.06. The molecule has 19 heavy (non-hydrogen) atoms. The van der Waals surface area contributed by atoms with Crippen molar-refractivity contribution in [1.29, 1.82) is 0 Å². The number of aromatic nitrogens is 2. The van der Waals surface area contributed by atoms with Gasteiger partial charge < -0.3 is 14.9 Å². The van der Waals surface area contributed by atoms with E-state index in [-0.39, 0.29) is 21.4 Å². The van der Waals surface area contributed by atoms with E-state index in [2.05, 4.69) is 14.9 Å². The molecule has 0 saturated heterocycles. The minimum Gasteiger partial charge on any atom is -0.465 e. The molecule has 0 unspecified atom stereocenters. The van der Waals surface area contributed by atoms with Gasteiger partial charge in [-0.05, 0) is 23.9 Å². The first-order chi connectivity index (χ1) is 9.01. The fourth-order valence-corrected chi connectivity index (χ4v) is 2.11. The Bertz CT molecular complexity index is 630. The van der Waals surface area contributed by atoms with Crippen LogP contribution in [0.15, 0.2) is 26.7 Å². The van der Waals surface area contributed by atoms with Gasteiger partial charge in [-0.15, -0.1) is 10.2 Å². The number of halogens is 1. The minimum atomic E-state index is -0.638. The van der Waals surface area contributed by atoms with Crippen molar-refractivity contribution in [3.05, 3.63) is 29.4 Å². The van der Waals surface area contributed by atoms with Gasteiger partial charge in [0.25, 0.3) is 5.22 Å². The number of methoxy groups -OCH3 is 1. The normalized spacial score (nSPS) is 10.5. The monoisotopic (exact) mass is 283 g/mol. The maximum absolute atomic E-state index is 13.7. The summed E-state index contributed by atoms with van der Waals surface area (Å²) in [6, 6.07) is 2.35. The van der Waals surface area contributed by atoms with E-state index in [0.29, 0.717) is 5.89 Å². The lowest BCUT2D eigenvalue weighted by Gasteiger charge is -2.06. The Morgan fingerprint density at radius 3 is 2.79 bits per heavy atom. The molecule has 0 aliphatic carbocycles. The van der Waals surface area contributed by atoms with Crippen molar-refractivity contribution in [2.45, 2.75) is 17.0 Å². The third-order valence-corrected chi connectivity index (χ3v) is 3.09. The average Bonchev–Trinajstić information content (AvgIpc) is 2.77. The van der Waals surface area contributed by atoms with E-state index < -0.39 is 11.8 Å². The molecule has 2 N–H and O–H groups in total. The Kier molecular flexibility index (Phi) is 3.70. The first-order valence-electron chi connectivity index (χ1n) is 5.16. The van der Waals surface area contributed by atoms with E-state index in [4.69, 9.17) is 10.2 Å². The summed E-state index contributed by atoms with van der Waals surface area (Å²) >= 11 is 0.907. The fourth-order valence-electron chi connectivity index (χ4n) is 1.35. The second-order valence-corrected chi connectivity index (χ2v) is 4.54. The van der Waals surface area contributed by atoms with Crippen LogP contribution in [0, 0.1) is 12.7 Å². The van der Waals surface area contributed by atoms with Crippen molar-refractivity contribution in [1.82, 2.24) is 10.2 Å². The van der Waals surface area contributed by atoms with Gasteiger partial charge in [-0.25, -0.2) is 9.18 Å². The fraction of sp³-hybridized carbons (Fsp3) is 0.182. The van der Waals surface area contributed by atoms with Gasteiger partial charge in [0.05, 0.1) is 17.6 Å². The Morgan fingerprint density at radius 1 is 1.47 bits per heavy atom. The summed E-state index contributed by atoms with van der Waals surface area (Å²) in [6.45, 7) is 1.62. The highest BCUT2D eigenvalue weighted by atomic mass is 32.2. The molecule has 1 aromatic heterocycles. The molecular weight excluding hydrogens is 273 g/mol. The highest BCUT2D eigenvalue weighted by molar-refractivity contribution is 7.99. The number of carbonyl (C=O) groups excluding carboxylic acids is 1. The van der Waals surface area contributed by atoms with Crippen LogP contribution in [-0.4, -0.2) is 23.3 Å². The van der Waals surface area contributed by atoms with Crippen LogP contribution in [0.4, 0.5) is 10.1 Å².